The minimum atomic E-state index is -0.180. The van der Waals surface area contributed by atoms with Crippen LogP contribution in [0.25, 0.3) is 10.9 Å². The summed E-state index contributed by atoms with van der Waals surface area (Å²) in [4.78, 5) is 28.0. The van der Waals surface area contributed by atoms with Crippen LogP contribution in [-0.4, -0.2) is 40.0 Å². The molecule has 138 valence electrons. The van der Waals surface area contributed by atoms with Gasteiger partial charge in [-0.05, 0) is 49.4 Å². The number of benzene rings is 1. The number of carbonyl (C=O) groups excluding carboxylic acids is 2. The molecule has 0 unspecified atom stereocenters. The summed E-state index contributed by atoms with van der Waals surface area (Å²) in [7, 11) is 0. The van der Waals surface area contributed by atoms with Crippen LogP contribution in [0.5, 0.6) is 0 Å². The van der Waals surface area contributed by atoms with E-state index < -0.39 is 0 Å². The molecule has 27 heavy (non-hydrogen) atoms. The van der Waals surface area contributed by atoms with E-state index in [9.17, 15) is 9.59 Å². The number of likely N-dealkylation sites (tertiary alicyclic amines) is 1. The molecule has 0 bridgehead atoms. The van der Waals surface area contributed by atoms with E-state index in [1.54, 1.807) is 4.90 Å². The average molecular weight is 380 g/mol. The molecule has 4 rings (SSSR count). The maximum Gasteiger partial charge on any atom is 0.321 e. The number of thiophene rings is 1. The molecule has 1 aromatic carbocycles. The summed E-state index contributed by atoms with van der Waals surface area (Å²) in [5.41, 5.74) is 2.24. The van der Waals surface area contributed by atoms with Crippen molar-refractivity contribution in [3.05, 3.63) is 52.3 Å². The maximum atomic E-state index is 12.8. The van der Waals surface area contributed by atoms with Crippen molar-refractivity contribution in [3.8, 4) is 0 Å². The summed E-state index contributed by atoms with van der Waals surface area (Å²) in [6.07, 6.45) is 1.65. The summed E-state index contributed by atoms with van der Waals surface area (Å²) >= 11 is 1.46. The van der Waals surface area contributed by atoms with E-state index in [2.05, 4.69) is 15.5 Å². The summed E-state index contributed by atoms with van der Waals surface area (Å²) < 4.78 is 0. The number of nitrogens with zero attached hydrogens (tertiary/aromatic N) is 3. The van der Waals surface area contributed by atoms with Gasteiger partial charge in [0.1, 0.15) is 0 Å². The molecule has 1 atom stereocenters. The zero-order valence-electron chi connectivity index (χ0n) is 15.0. The van der Waals surface area contributed by atoms with E-state index in [1.807, 2.05) is 48.7 Å². The fourth-order valence-corrected chi connectivity index (χ4v) is 4.20. The van der Waals surface area contributed by atoms with Crippen molar-refractivity contribution in [3.63, 3.8) is 0 Å². The third kappa shape index (κ3) is 3.68. The van der Waals surface area contributed by atoms with Crippen molar-refractivity contribution in [1.82, 2.24) is 15.1 Å². The van der Waals surface area contributed by atoms with Crippen molar-refractivity contribution in [1.29, 1.82) is 0 Å². The molecule has 1 N–H and O–H groups in total. The van der Waals surface area contributed by atoms with Crippen LogP contribution in [0, 0.1) is 12.8 Å². The van der Waals surface area contributed by atoms with Crippen molar-refractivity contribution in [2.24, 2.45) is 5.92 Å². The summed E-state index contributed by atoms with van der Waals surface area (Å²) in [6, 6.07) is 11.1. The van der Waals surface area contributed by atoms with Crippen LogP contribution in [-0.2, 0) is 0 Å². The Morgan fingerprint density at radius 1 is 1.22 bits per heavy atom. The Morgan fingerprint density at radius 2 is 2.11 bits per heavy atom. The lowest BCUT2D eigenvalue weighted by Gasteiger charge is -2.32. The SMILES string of the molecule is Cc1cc2c(NC(=O)N3CCC[C@H](C(=O)c4cccs4)C3)cccc2nn1. The smallest absolute Gasteiger partial charge is 0.321 e. The second kappa shape index (κ2) is 7.44. The summed E-state index contributed by atoms with van der Waals surface area (Å²) in [5, 5.41) is 14.0. The minimum absolute atomic E-state index is 0.135. The fourth-order valence-electron chi connectivity index (χ4n) is 3.46. The molecule has 3 aromatic rings. The van der Waals surface area contributed by atoms with Crippen LogP contribution in [0.2, 0.25) is 0 Å². The number of rotatable bonds is 3. The van der Waals surface area contributed by atoms with E-state index >= 15 is 0 Å². The monoisotopic (exact) mass is 380 g/mol. The topological polar surface area (TPSA) is 75.2 Å². The third-order valence-corrected chi connectivity index (χ3v) is 5.72. The molecule has 2 amide bonds. The third-order valence-electron chi connectivity index (χ3n) is 4.84. The van der Waals surface area contributed by atoms with Gasteiger partial charge in [-0.2, -0.15) is 10.2 Å². The summed E-state index contributed by atoms with van der Waals surface area (Å²) in [6.45, 7) is 2.98. The zero-order chi connectivity index (χ0) is 18.8. The fraction of sp³-hybridized carbons (Fsp3) is 0.300. The number of aromatic nitrogens is 2. The first-order chi connectivity index (χ1) is 13.1. The maximum absolute atomic E-state index is 12.8. The highest BCUT2D eigenvalue weighted by molar-refractivity contribution is 7.12. The van der Waals surface area contributed by atoms with Crippen LogP contribution < -0.4 is 5.32 Å². The molecule has 0 saturated carbocycles. The minimum Gasteiger partial charge on any atom is -0.324 e. The largest absolute Gasteiger partial charge is 0.324 e. The molecule has 3 heterocycles. The van der Waals surface area contributed by atoms with E-state index in [0.29, 0.717) is 18.8 Å². The number of anilines is 1. The van der Waals surface area contributed by atoms with Crippen molar-refractivity contribution in [2.45, 2.75) is 19.8 Å². The zero-order valence-corrected chi connectivity index (χ0v) is 15.8. The van der Waals surface area contributed by atoms with Crippen LogP contribution >= 0.6 is 11.3 Å². The second-order valence-electron chi connectivity index (χ2n) is 6.78. The highest BCUT2D eigenvalue weighted by Gasteiger charge is 2.29. The van der Waals surface area contributed by atoms with Gasteiger partial charge in [-0.15, -0.1) is 11.3 Å². The lowest BCUT2D eigenvalue weighted by Crippen LogP contribution is -2.44. The number of amides is 2. The van der Waals surface area contributed by atoms with E-state index in [1.165, 1.54) is 11.3 Å². The number of ketones is 1. The Bertz CT molecular complexity index is 987. The number of piperidine rings is 1. The number of aryl methyl sites for hydroxylation is 1. The number of urea groups is 1. The van der Waals surface area contributed by atoms with Gasteiger partial charge in [-0.3, -0.25) is 4.79 Å². The van der Waals surface area contributed by atoms with Gasteiger partial charge in [0, 0.05) is 24.4 Å². The standard InChI is InChI=1S/C20H20N4O2S/c1-13-11-15-16(6-2-7-17(15)23-22-13)21-20(26)24-9-3-5-14(12-24)19(25)18-8-4-10-27-18/h2,4,6-8,10-11,14H,3,5,9,12H2,1H3,(H,21,26)/t14-/m0/s1. The van der Waals surface area contributed by atoms with Crippen LogP contribution in [0.4, 0.5) is 10.5 Å². The lowest BCUT2D eigenvalue weighted by atomic mass is 9.93. The van der Waals surface area contributed by atoms with Gasteiger partial charge in [0.15, 0.2) is 5.78 Å². The molecule has 1 aliphatic rings. The molecule has 2 aromatic heterocycles. The number of fused-ring (bicyclic) bond motifs is 1. The molecule has 0 spiro atoms. The van der Waals surface area contributed by atoms with Crippen LogP contribution in [0.3, 0.4) is 0 Å². The first-order valence-electron chi connectivity index (χ1n) is 8.98. The van der Waals surface area contributed by atoms with Crippen molar-refractivity contribution >= 4 is 39.7 Å². The van der Waals surface area contributed by atoms with Crippen molar-refractivity contribution < 1.29 is 9.59 Å². The Morgan fingerprint density at radius 3 is 2.93 bits per heavy atom. The predicted molar refractivity (Wildman–Crippen MR) is 106 cm³/mol. The van der Waals surface area contributed by atoms with Crippen LogP contribution in [0.1, 0.15) is 28.2 Å². The predicted octanol–water partition coefficient (Wildman–Crippen LogP) is 4.13. The Hall–Kier alpha value is -2.80. The van der Waals surface area contributed by atoms with Gasteiger partial charge >= 0.3 is 6.03 Å². The first kappa shape index (κ1) is 17.6. The summed E-state index contributed by atoms with van der Waals surface area (Å²) in [5.74, 6) is 0.00217. The molecular formula is C20H20N4O2S. The second-order valence-corrected chi connectivity index (χ2v) is 7.73. The van der Waals surface area contributed by atoms with E-state index in [0.717, 1.165) is 34.3 Å². The number of hydrogen-bond acceptors (Lipinski definition) is 5. The number of nitrogens with one attached hydrogen (secondary N) is 1. The van der Waals surface area contributed by atoms with Gasteiger partial charge in [-0.25, -0.2) is 4.79 Å². The van der Waals surface area contributed by atoms with Gasteiger partial charge < -0.3 is 10.2 Å². The van der Waals surface area contributed by atoms with Gasteiger partial charge in [0.25, 0.3) is 0 Å². The molecule has 0 radical (unpaired) electrons. The molecular weight excluding hydrogens is 360 g/mol. The quantitative estimate of drug-likeness (QED) is 0.694. The molecule has 1 fully saturated rings. The van der Waals surface area contributed by atoms with E-state index in [-0.39, 0.29) is 17.7 Å². The molecule has 7 heteroatoms. The van der Waals surface area contributed by atoms with E-state index in [4.69, 9.17) is 0 Å². The lowest BCUT2D eigenvalue weighted by molar-refractivity contribution is 0.0856. The highest BCUT2D eigenvalue weighted by Crippen LogP contribution is 2.25. The Labute approximate surface area is 161 Å². The Kier molecular flexibility index (Phi) is 4.85. The van der Waals surface area contributed by atoms with Gasteiger partial charge in [0.05, 0.1) is 21.8 Å². The Balaban J connectivity index is 1.50. The van der Waals surface area contributed by atoms with Gasteiger partial charge in [-0.1, -0.05) is 12.1 Å². The van der Waals surface area contributed by atoms with Gasteiger partial charge in [0.2, 0.25) is 0 Å². The van der Waals surface area contributed by atoms with Crippen LogP contribution in [0.15, 0.2) is 41.8 Å². The average Bonchev–Trinajstić information content (AvgIpc) is 3.23. The number of hydrogen-bond donors (Lipinski definition) is 1. The molecule has 0 aliphatic carbocycles. The normalized spacial score (nSPS) is 17.1. The highest BCUT2D eigenvalue weighted by atomic mass is 32.1. The molecule has 1 aliphatic heterocycles. The first-order valence-corrected chi connectivity index (χ1v) is 9.86. The number of carbonyl (C=O) groups is 2. The van der Waals surface area contributed by atoms with Crippen molar-refractivity contribution in [2.75, 3.05) is 18.4 Å². The molecule has 1 saturated heterocycles. The molecule has 6 nitrogen and oxygen atoms in total. The number of Topliss-reactive ketones (excluding diaryl/α,β-unsaturated/α-hetero) is 1.